The van der Waals surface area contributed by atoms with Gasteiger partial charge in [0.2, 0.25) is 0 Å². The molecule has 0 bridgehead atoms. The van der Waals surface area contributed by atoms with Crippen LogP contribution in [-0.2, 0) is 14.6 Å². The third-order valence-corrected chi connectivity index (χ3v) is 7.86. The molecule has 2 saturated heterocycles. The first kappa shape index (κ1) is 19.0. The molecule has 0 spiro atoms. The molecule has 1 atom stereocenters. The van der Waals surface area contributed by atoms with E-state index in [0.29, 0.717) is 13.0 Å². The Morgan fingerprint density at radius 3 is 2.52 bits per heavy atom. The largest absolute Gasteiger partial charge is 0.360 e. The number of benzene rings is 1. The molecule has 2 heterocycles. The Morgan fingerprint density at radius 1 is 1.19 bits per heavy atom. The molecule has 1 aromatic rings. The van der Waals surface area contributed by atoms with E-state index in [0.717, 1.165) is 49.7 Å². The summed E-state index contributed by atoms with van der Waals surface area (Å²) in [7, 11) is -2.97. The third kappa shape index (κ3) is 4.58. The number of nitrogens with one attached hydrogen (secondary N) is 1. The van der Waals surface area contributed by atoms with Crippen molar-refractivity contribution < 1.29 is 18.1 Å². The first-order valence-corrected chi connectivity index (χ1v) is 12.0. The zero-order valence-electron chi connectivity index (χ0n) is 15.4. The predicted molar refractivity (Wildman–Crippen MR) is 106 cm³/mol. The SMILES string of the molecule is O=C(C[NH+]1CCN(c2cccc(Cl)c2)CC1)N(C1CC1)[C@H]1CCS(=O)(=O)C1. The highest BCUT2D eigenvalue weighted by molar-refractivity contribution is 7.91. The molecule has 3 aliphatic rings. The number of halogens is 1. The molecule has 27 heavy (non-hydrogen) atoms. The summed E-state index contributed by atoms with van der Waals surface area (Å²) in [5.41, 5.74) is 1.13. The number of piperazine rings is 1. The van der Waals surface area contributed by atoms with E-state index in [9.17, 15) is 13.2 Å². The topological polar surface area (TPSA) is 62.1 Å². The lowest BCUT2D eigenvalue weighted by Gasteiger charge is -2.35. The van der Waals surface area contributed by atoms with Gasteiger partial charge in [-0.05, 0) is 37.5 Å². The van der Waals surface area contributed by atoms with Crippen LogP contribution in [0.15, 0.2) is 24.3 Å². The Kier molecular flexibility index (Phi) is 5.36. The van der Waals surface area contributed by atoms with Gasteiger partial charge in [-0.25, -0.2) is 8.42 Å². The molecular formula is C19H27ClN3O3S+. The number of quaternary nitrogens is 1. The second-order valence-corrected chi connectivity index (χ2v) is 10.6. The lowest BCUT2D eigenvalue weighted by Crippen LogP contribution is -3.16. The fraction of sp³-hybridized carbons (Fsp3) is 0.632. The summed E-state index contributed by atoms with van der Waals surface area (Å²) in [5, 5.41) is 0.740. The van der Waals surface area contributed by atoms with Crippen molar-refractivity contribution in [1.29, 1.82) is 0 Å². The van der Waals surface area contributed by atoms with Crippen LogP contribution in [0.3, 0.4) is 0 Å². The molecule has 2 aliphatic heterocycles. The van der Waals surface area contributed by atoms with Crippen molar-refractivity contribution in [2.24, 2.45) is 0 Å². The van der Waals surface area contributed by atoms with E-state index in [1.165, 1.54) is 4.90 Å². The second-order valence-electron chi connectivity index (χ2n) is 7.98. The molecule has 6 nitrogen and oxygen atoms in total. The van der Waals surface area contributed by atoms with Gasteiger partial charge in [-0.2, -0.15) is 0 Å². The minimum absolute atomic E-state index is 0.109. The first-order chi connectivity index (χ1) is 12.9. The van der Waals surface area contributed by atoms with Crippen LogP contribution >= 0.6 is 11.6 Å². The van der Waals surface area contributed by atoms with Crippen molar-refractivity contribution in [3.8, 4) is 0 Å². The number of hydrogen-bond acceptors (Lipinski definition) is 4. The average Bonchev–Trinajstić information content (AvgIpc) is 3.39. The van der Waals surface area contributed by atoms with E-state index in [-0.39, 0.29) is 29.5 Å². The monoisotopic (exact) mass is 412 g/mol. The van der Waals surface area contributed by atoms with Gasteiger partial charge in [-0.15, -0.1) is 0 Å². The van der Waals surface area contributed by atoms with Crippen molar-refractivity contribution in [3.63, 3.8) is 0 Å². The van der Waals surface area contributed by atoms with E-state index in [1.54, 1.807) is 0 Å². The minimum atomic E-state index is -2.97. The van der Waals surface area contributed by atoms with E-state index < -0.39 is 9.84 Å². The zero-order valence-corrected chi connectivity index (χ0v) is 17.0. The number of carbonyl (C=O) groups excluding carboxylic acids is 1. The van der Waals surface area contributed by atoms with Crippen LogP contribution in [0.5, 0.6) is 0 Å². The number of hydrogen-bond donors (Lipinski definition) is 1. The molecule has 1 amide bonds. The Labute approximate surface area is 166 Å². The summed E-state index contributed by atoms with van der Waals surface area (Å²) in [6, 6.07) is 8.04. The number of carbonyl (C=O) groups is 1. The van der Waals surface area contributed by atoms with Crippen molar-refractivity contribution in [1.82, 2.24) is 4.90 Å². The van der Waals surface area contributed by atoms with Crippen molar-refractivity contribution in [2.45, 2.75) is 31.3 Å². The number of amides is 1. The van der Waals surface area contributed by atoms with E-state index in [1.807, 2.05) is 23.1 Å². The molecule has 0 radical (unpaired) electrons. The summed E-state index contributed by atoms with van der Waals surface area (Å²) in [6.07, 6.45) is 2.63. The molecule has 0 aromatic heterocycles. The maximum atomic E-state index is 13.0. The number of sulfone groups is 1. The second kappa shape index (κ2) is 7.60. The normalized spacial score (nSPS) is 25.5. The van der Waals surface area contributed by atoms with Crippen LogP contribution in [0.2, 0.25) is 5.02 Å². The standard InChI is InChI=1S/C19H26ClN3O3S/c20-15-2-1-3-17(12-15)22-9-7-21(8-10-22)13-19(24)23(16-4-5-16)18-6-11-27(25,26)14-18/h1-3,12,16,18H,4-11,13-14H2/p+1/t18-/m0/s1. The van der Waals surface area contributed by atoms with Crippen LogP contribution in [0, 0.1) is 0 Å². The number of nitrogens with zero attached hydrogens (tertiary/aromatic N) is 2. The van der Waals surface area contributed by atoms with Gasteiger partial charge >= 0.3 is 0 Å². The van der Waals surface area contributed by atoms with Crippen molar-refractivity contribution in [3.05, 3.63) is 29.3 Å². The highest BCUT2D eigenvalue weighted by Gasteiger charge is 2.43. The van der Waals surface area contributed by atoms with E-state index in [4.69, 9.17) is 11.6 Å². The van der Waals surface area contributed by atoms with E-state index >= 15 is 0 Å². The molecule has 3 fully saturated rings. The van der Waals surface area contributed by atoms with Gasteiger partial charge < -0.3 is 14.7 Å². The van der Waals surface area contributed by atoms with E-state index in [2.05, 4.69) is 11.0 Å². The lowest BCUT2D eigenvalue weighted by molar-refractivity contribution is -0.892. The minimum Gasteiger partial charge on any atom is -0.360 e. The Balaban J connectivity index is 1.33. The Bertz CT molecular complexity index is 804. The quantitative estimate of drug-likeness (QED) is 0.751. The molecular weight excluding hydrogens is 386 g/mol. The van der Waals surface area contributed by atoms with Gasteiger partial charge in [0, 0.05) is 22.8 Å². The molecule has 0 unspecified atom stereocenters. The summed E-state index contributed by atoms with van der Waals surface area (Å²) in [6.45, 7) is 4.06. The highest BCUT2D eigenvalue weighted by atomic mass is 35.5. The molecule has 1 aromatic carbocycles. The molecule has 148 valence electrons. The van der Waals surface area contributed by atoms with Crippen molar-refractivity contribution >= 4 is 33.0 Å². The predicted octanol–water partition coefficient (Wildman–Crippen LogP) is 0.223. The van der Waals surface area contributed by atoms with Crippen LogP contribution in [0.1, 0.15) is 19.3 Å². The summed E-state index contributed by atoms with van der Waals surface area (Å²) in [4.78, 5) is 18.5. The molecule has 1 saturated carbocycles. The summed E-state index contributed by atoms with van der Waals surface area (Å²) >= 11 is 6.09. The van der Waals surface area contributed by atoms with Crippen LogP contribution in [0.4, 0.5) is 5.69 Å². The zero-order chi connectivity index (χ0) is 19.0. The fourth-order valence-corrected chi connectivity index (χ4v) is 6.18. The van der Waals surface area contributed by atoms with Crippen LogP contribution in [0.25, 0.3) is 0 Å². The highest BCUT2D eigenvalue weighted by Crippen LogP contribution is 2.32. The van der Waals surface area contributed by atoms with Gasteiger partial charge in [-0.1, -0.05) is 17.7 Å². The van der Waals surface area contributed by atoms with Gasteiger partial charge in [0.25, 0.3) is 5.91 Å². The summed E-state index contributed by atoms with van der Waals surface area (Å²) in [5.74, 6) is 0.498. The van der Waals surface area contributed by atoms with Gasteiger partial charge in [0.15, 0.2) is 16.4 Å². The van der Waals surface area contributed by atoms with Crippen LogP contribution < -0.4 is 9.80 Å². The molecule has 1 N–H and O–H groups in total. The van der Waals surface area contributed by atoms with Gasteiger partial charge in [-0.3, -0.25) is 4.79 Å². The van der Waals surface area contributed by atoms with Crippen LogP contribution in [-0.4, -0.2) is 75.5 Å². The number of anilines is 1. The summed E-state index contributed by atoms with van der Waals surface area (Å²) < 4.78 is 23.7. The number of rotatable bonds is 5. The smallest absolute Gasteiger partial charge is 0.278 e. The molecule has 4 rings (SSSR count). The average molecular weight is 413 g/mol. The Morgan fingerprint density at radius 2 is 1.93 bits per heavy atom. The third-order valence-electron chi connectivity index (χ3n) is 5.88. The fourth-order valence-electron chi connectivity index (χ4n) is 4.29. The first-order valence-electron chi connectivity index (χ1n) is 9.77. The van der Waals surface area contributed by atoms with Crippen molar-refractivity contribution in [2.75, 3.05) is 49.1 Å². The molecule has 8 heteroatoms. The Hall–Kier alpha value is -1.31. The van der Waals surface area contributed by atoms with Gasteiger partial charge in [0.05, 0.1) is 37.7 Å². The maximum absolute atomic E-state index is 13.0. The maximum Gasteiger partial charge on any atom is 0.278 e. The molecule has 1 aliphatic carbocycles. The lowest BCUT2D eigenvalue weighted by atomic mass is 10.2. The van der Waals surface area contributed by atoms with Gasteiger partial charge in [0.1, 0.15) is 0 Å².